The SMILES string of the molecule is C(OCC1CO1)C1CO1.OC(F)(F)C(F)(F)C(F)C(F)C(F)F. The summed E-state index contributed by atoms with van der Waals surface area (Å²) in [6, 6.07) is 0. The van der Waals surface area contributed by atoms with Crippen LogP contribution >= 0.6 is 0 Å². The normalized spacial score (nSPS) is 26.3. The summed E-state index contributed by atoms with van der Waals surface area (Å²) in [6.45, 7) is 3.26. The van der Waals surface area contributed by atoms with E-state index < -0.39 is 30.8 Å². The Kier molecular flexibility index (Phi) is 6.98. The maximum absolute atomic E-state index is 12.1. The largest absolute Gasteiger partial charge is 0.420 e. The van der Waals surface area contributed by atoms with E-state index in [1.54, 1.807) is 0 Å². The van der Waals surface area contributed by atoms with E-state index in [0.29, 0.717) is 12.2 Å². The molecule has 2 fully saturated rings. The van der Waals surface area contributed by atoms with Crippen LogP contribution in [0.4, 0.5) is 35.1 Å². The molecule has 23 heavy (non-hydrogen) atoms. The zero-order valence-electron chi connectivity index (χ0n) is 11.4. The highest BCUT2D eigenvalue weighted by Gasteiger charge is 2.65. The Hall–Kier alpha value is -0.720. The Bertz CT molecular complexity index is 344. The van der Waals surface area contributed by atoms with Gasteiger partial charge in [-0.25, -0.2) is 17.6 Å². The molecule has 2 aliphatic rings. The standard InChI is InChI=1S/C6H10O3.C5H4F8O/c1(5-3-8-5)7-2-6-4-9-6;6-1(3(8)9)2(7)4(10,11)5(12,13)14/h5-6H,1-4H2;1-3,14H. The zero-order chi connectivity index (χ0) is 17.8. The Morgan fingerprint density at radius 3 is 1.61 bits per heavy atom. The van der Waals surface area contributed by atoms with Crippen molar-refractivity contribution in [3.05, 3.63) is 0 Å². The van der Waals surface area contributed by atoms with Gasteiger partial charge < -0.3 is 19.3 Å². The van der Waals surface area contributed by atoms with Crippen LogP contribution in [-0.2, 0) is 14.2 Å². The predicted molar refractivity (Wildman–Crippen MR) is 58.2 cm³/mol. The quantitative estimate of drug-likeness (QED) is 0.530. The molecule has 0 amide bonds. The molecule has 0 aromatic carbocycles. The maximum Gasteiger partial charge on any atom is 0.420 e. The van der Waals surface area contributed by atoms with Crippen molar-refractivity contribution < 1.29 is 54.4 Å². The summed E-state index contributed by atoms with van der Waals surface area (Å²) in [4.78, 5) is 0. The van der Waals surface area contributed by atoms with Gasteiger partial charge in [-0.2, -0.15) is 17.6 Å². The number of alkyl halides is 8. The first-order valence-electron chi connectivity index (χ1n) is 6.32. The van der Waals surface area contributed by atoms with Crippen molar-refractivity contribution in [1.29, 1.82) is 0 Å². The summed E-state index contributed by atoms with van der Waals surface area (Å²) in [5.41, 5.74) is 0. The third-order valence-electron chi connectivity index (χ3n) is 2.68. The monoisotopic (exact) mass is 362 g/mol. The second kappa shape index (κ2) is 7.90. The maximum atomic E-state index is 12.1. The molecular weight excluding hydrogens is 348 g/mol. The van der Waals surface area contributed by atoms with Gasteiger partial charge in [0, 0.05) is 0 Å². The van der Waals surface area contributed by atoms with Gasteiger partial charge in [0.2, 0.25) is 6.17 Å². The van der Waals surface area contributed by atoms with Crippen molar-refractivity contribution in [3.8, 4) is 0 Å². The molecule has 2 aliphatic heterocycles. The highest BCUT2D eigenvalue weighted by molar-refractivity contribution is 4.89. The summed E-state index contributed by atoms with van der Waals surface area (Å²) in [6.07, 6.45) is -17.9. The zero-order valence-corrected chi connectivity index (χ0v) is 11.4. The fourth-order valence-electron chi connectivity index (χ4n) is 1.15. The smallest absolute Gasteiger partial charge is 0.376 e. The molecule has 0 bridgehead atoms. The van der Waals surface area contributed by atoms with Gasteiger partial charge in [0.1, 0.15) is 12.2 Å². The fraction of sp³-hybridized carbons (Fsp3) is 1.00. The Balaban J connectivity index is 0.000000248. The Morgan fingerprint density at radius 2 is 1.35 bits per heavy atom. The first-order valence-corrected chi connectivity index (χ1v) is 6.32. The van der Waals surface area contributed by atoms with Gasteiger partial charge in [0.05, 0.1) is 26.4 Å². The lowest BCUT2D eigenvalue weighted by Gasteiger charge is -2.26. The number of hydrogen-bond acceptors (Lipinski definition) is 4. The molecule has 138 valence electrons. The summed E-state index contributed by atoms with van der Waals surface area (Å²) >= 11 is 0. The van der Waals surface area contributed by atoms with Crippen molar-refractivity contribution in [2.45, 2.75) is 43.0 Å². The fourth-order valence-corrected chi connectivity index (χ4v) is 1.15. The van der Waals surface area contributed by atoms with Gasteiger partial charge in [-0.3, -0.25) is 0 Å². The van der Waals surface area contributed by atoms with E-state index in [2.05, 4.69) is 0 Å². The summed E-state index contributed by atoms with van der Waals surface area (Å²) in [7, 11) is 0. The van der Waals surface area contributed by atoms with Gasteiger partial charge in [0.15, 0.2) is 6.17 Å². The minimum Gasteiger partial charge on any atom is -0.376 e. The van der Waals surface area contributed by atoms with Gasteiger partial charge >= 0.3 is 12.0 Å². The summed E-state index contributed by atoms with van der Waals surface area (Å²) in [5.74, 6) is -5.90. The van der Waals surface area contributed by atoms with Crippen LogP contribution in [0.2, 0.25) is 0 Å². The van der Waals surface area contributed by atoms with E-state index in [9.17, 15) is 35.1 Å². The first-order chi connectivity index (χ1) is 10.5. The lowest BCUT2D eigenvalue weighted by atomic mass is 10.1. The topological polar surface area (TPSA) is 54.5 Å². The lowest BCUT2D eigenvalue weighted by molar-refractivity contribution is -0.349. The molecule has 0 saturated carbocycles. The van der Waals surface area contributed by atoms with Gasteiger partial charge in [-0.1, -0.05) is 0 Å². The molecule has 0 aromatic heterocycles. The van der Waals surface area contributed by atoms with Crippen molar-refractivity contribution >= 4 is 0 Å². The second-order valence-corrected chi connectivity index (χ2v) is 4.79. The van der Waals surface area contributed by atoms with Crippen LogP contribution in [0.15, 0.2) is 0 Å². The highest BCUT2D eigenvalue weighted by atomic mass is 19.3. The molecule has 2 saturated heterocycles. The molecule has 0 aromatic rings. The average molecular weight is 362 g/mol. The Morgan fingerprint density at radius 1 is 0.957 bits per heavy atom. The van der Waals surface area contributed by atoms with Gasteiger partial charge in [-0.15, -0.1) is 0 Å². The predicted octanol–water partition coefficient (Wildman–Crippen LogP) is 1.95. The molecule has 4 unspecified atom stereocenters. The van der Waals surface area contributed by atoms with Crippen molar-refractivity contribution in [2.24, 2.45) is 0 Å². The van der Waals surface area contributed by atoms with E-state index in [4.69, 9.17) is 19.3 Å². The van der Waals surface area contributed by atoms with E-state index in [1.165, 1.54) is 0 Å². The molecular formula is C11H14F8O4. The van der Waals surface area contributed by atoms with Crippen LogP contribution in [0, 0.1) is 0 Å². The second-order valence-electron chi connectivity index (χ2n) is 4.79. The molecule has 2 rings (SSSR count). The van der Waals surface area contributed by atoms with Crippen molar-refractivity contribution in [1.82, 2.24) is 0 Å². The van der Waals surface area contributed by atoms with Crippen LogP contribution in [0.3, 0.4) is 0 Å². The first kappa shape index (κ1) is 20.3. The minimum atomic E-state index is -5.90. The molecule has 0 radical (unpaired) electrons. The van der Waals surface area contributed by atoms with Gasteiger partial charge in [0.25, 0.3) is 6.43 Å². The average Bonchev–Trinajstić information content (AvgIpc) is 3.30. The number of halogens is 8. The van der Waals surface area contributed by atoms with Crippen LogP contribution in [0.1, 0.15) is 0 Å². The Labute approximate surface area is 125 Å². The van der Waals surface area contributed by atoms with Gasteiger partial charge in [-0.05, 0) is 0 Å². The third-order valence-corrected chi connectivity index (χ3v) is 2.68. The molecule has 4 atom stereocenters. The minimum absolute atomic E-state index is 0.392. The number of rotatable bonds is 8. The van der Waals surface area contributed by atoms with Crippen molar-refractivity contribution in [2.75, 3.05) is 26.4 Å². The number of aliphatic hydroxyl groups is 1. The number of hydrogen-bond donors (Lipinski definition) is 1. The van der Waals surface area contributed by atoms with Crippen LogP contribution in [-0.4, -0.2) is 74.5 Å². The summed E-state index contributed by atoms with van der Waals surface area (Å²) < 4.78 is 109. The number of epoxide rings is 2. The molecule has 4 nitrogen and oxygen atoms in total. The molecule has 0 spiro atoms. The van der Waals surface area contributed by atoms with Crippen LogP contribution in [0.5, 0.6) is 0 Å². The molecule has 2 heterocycles. The van der Waals surface area contributed by atoms with E-state index >= 15 is 0 Å². The van der Waals surface area contributed by atoms with Crippen LogP contribution in [0.25, 0.3) is 0 Å². The van der Waals surface area contributed by atoms with E-state index in [0.717, 1.165) is 26.4 Å². The van der Waals surface area contributed by atoms with E-state index in [-0.39, 0.29) is 0 Å². The summed E-state index contributed by atoms with van der Waals surface area (Å²) in [5, 5.41) is 7.41. The molecule has 12 heteroatoms. The number of ether oxygens (including phenoxy) is 3. The molecule has 1 N–H and O–H groups in total. The van der Waals surface area contributed by atoms with E-state index in [1.807, 2.05) is 0 Å². The highest BCUT2D eigenvalue weighted by Crippen LogP contribution is 2.39. The lowest BCUT2D eigenvalue weighted by Crippen LogP contribution is -2.52. The third kappa shape index (κ3) is 6.73. The van der Waals surface area contributed by atoms with Crippen molar-refractivity contribution in [3.63, 3.8) is 0 Å². The molecule has 0 aliphatic carbocycles. The van der Waals surface area contributed by atoms with Crippen LogP contribution < -0.4 is 0 Å².